The van der Waals surface area contributed by atoms with Crippen molar-refractivity contribution in [3.63, 3.8) is 0 Å². The van der Waals surface area contributed by atoms with Crippen molar-refractivity contribution >= 4 is 33.2 Å². The Morgan fingerprint density at radius 3 is 2.93 bits per heavy atom. The molecular formula is C22H25N3O2S. The minimum atomic E-state index is -0.861. The van der Waals surface area contributed by atoms with E-state index < -0.39 is 10.8 Å². The molecular weight excluding hydrogens is 370 g/mol. The molecule has 4 rings (SSSR count). The Morgan fingerprint density at radius 1 is 1.29 bits per heavy atom. The highest BCUT2D eigenvalue weighted by Gasteiger charge is 2.24. The maximum Gasteiger partial charge on any atom is 0.130 e. The largest absolute Gasteiger partial charge is 0.497 e. The number of nitrogen functional groups attached to an aromatic ring is 1. The third-order valence-electron chi connectivity index (χ3n) is 5.37. The van der Waals surface area contributed by atoms with E-state index in [4.69, 9.17) is 15.5 Å². The Balaban J connectivity index is 1.72. The number of nitrogens with one attached hydrogen (secondary N) is 1. The molecule has 2 unspecified atom stereocenters. The third-order valence-corrected chi connectivity index (χ3v) is 6.15. The van der Waals surface area contributed by atoms with Gasteiger partial charge in [-0.2, -0.15) is 0 Å². The number of nitrogens with zero attached hydrogens (tertiary/aromatic N) is 1. The van der Waals surface area contributed by atoms with E-state index in [0.717, 1.165) is 40.9 Å². The predicted octanol–water partition coefficient (Wildman–Crippen LogP) is 3.85. The summed E-state index contributed by atoms with van der Waals surface area (Å²) in [6, 6.07) is 14.3. The molecule has 1 heterocycles. The van der Waals surface area contributed by atoms with Crippen LogP contribution in [-0.4, -0.2) is 28.3 Å². The van der Waals surface area contributed by atoms with Crippen LogP contribution in [0.3, 0.4) is 0 Å². The van der Waals surface area contributed by atoms with Gasteiger partial charge in [0.05, 0.1) is 18.7 Å². The van der Waals surface area contributed by atoms with E-state index in [2.05, 4.69) is 23.5 Å². The lowest BCUT2D eigenvalue weighted by Gasteiger charge is -2.19. The predicted molar refractivity (Wildman–Crippen MR) is 116 cm³/mol. The van der Waals surface area contributed by atoms with Crippen LogP contribution in [0.5, 0.6) is 5.75 Å². The van der Waals surface area contributed by atoms with Crippen LogP contribution in [0.1, 0.15) is 29.2 Å². The van der Waals surface area contributed by atoms with E-state index in [1.54, 1.807) is 13.4 Å². The van der Waals surface area contributed by atoms with Crippen LogP contribution in [0.25, 0.3) is 10.9 Å². The van der Waals surface area contributed by atoms with Gasteiger partial charge in [-0.25, -0.2) is 4.98 Å². The van der Waals surface area contributed by atoms with Gasteiger partial charge in [0, 0.05) is 33.9 Å². The quantitative estimate of drug-likeness (QED) is 0.620. The van der Waals surface area contributed by atoms with Crippen molar-refractivity contribution in [3.8, 4) is 5.75 Å². The number of pyridine rings is 1. The molecule has 1 aliphatic rings. The smallest absolute Gasteiger partial charge is 0.130 e. The highest BCUT2D eigenvalue weighted by Crippen LogP contribution is 2.37. The number of nitrogens with two attached hydrogens (primary N) is 1. The third kappa shape index (κ3) is 3.69. The zero-order valence-corrected chi connectivity index (χ0v) is 17.0. The number of hydrogen-bond acceptors (Lipinski definition) is 5. The molecule has 0 saturated heterocycles. The maximum absolute atomic E-state index is 11.7. The fourth-order valence-electron chi connectivity index (χ4n) is 3.85. The lowest BCUT2D eigenvalue weighted by atomic mass is 10.1. The number of methoxy groups -OCH3 is 1. The van der Waals surface area contributed by atoms with Crippen molar-refractivity contribution in [2.24, 2.45) is 0 Å². The normalized spacial score (nSPS) is 16.7. The first-order chi connectivity index (χ1) is 13.5. The van der Waals surface area contributed by atoms with Crippen LogP contribution in [-0.2, 0) is 23.6 Å². The molecule has 3 aromatic rings. The number of fused-ring (bicyclic) bond motifs is 2. The summed E-state index contributed by atoms with van der Waals surface area (Å²) >= 11 is 0. The van der Waals surface area contributed by atoms with Gasteiger partial charge in [0.25, 0.3) is 0 Å². The van der Waals surface area contributed by atoms with Crippen LogP contribution in [0.4, 0.5) is 11.5 Å². The van der Waals surface area contributed by atoms with Crippen LogP contribution in [0, 0.1) is 0 Å². The number of rotatable bonds is 6. The second kappa shape index (κ2) is 7.80. The fourth-order valence-corrected chi connectivity index (χ4v) is 4.36. The summed E-state index contributed by atoms with van der Waals surface area (Å²) in [5.41, 5.74) is 11.4. The molecule has 3 N–H and O–H groups in total. The molecule has 0 bridgehead atoms. The van der Waals surface area contributed by atoms with Gasteiger partial charge in [-0.05, 0) is 66.3 Å². The first-order valence-electron chi connectivity index (χ1n) is 9.46. The van der Waals surface area contributed by atoms with E-state index in [-0.39, 0.29) is 6.04 Å². The van der Waals surface area contributed by atoms with Crippen LogP contribution in [0.2, 0.25) is 0 Å². The van der Waals surface area contributed by atoms with E-state index in [9.17, 15) is 4.21 Å². The molecule has 0 fully saturated rings. The first-order valence-corrected chi connectivity index (χ1v) is 11.2. The molecule has 5 nitrogen and oxygen atoms in total. The molecule has 0 radical (unpaired) electrons. The summed E-state index contributed by atoms with van der Waals surface area (Å²) in [6.45, 7) is 0. The molecule has 2 atom stereocenters. The average molecular weight is 396 g/mol. The fraction of sp³-hybridized carbons (Fsp3) is 0.318. The Morgan fingerprint density at radius 2 is 2.14 bits per heavy atom. The summed E-state index contributed by atoms with van der Waals surface area (Å²) in [6.07, 6.45) is 4.47. The summed E-state index contributed by atoms with van der Waals surface area (Å²) in [5.74, 6) is 2.32. The lowest BCUT2D eigenvalue weighted by Crippen LogP contribution is -2.12. The summed E-state index contributed by atoms with van der Waals surface area (Å²) in [4.78, 5) is 4.87. The van der Waals surface area contributed by atoms with Crippen LogP contribution in [0.15, 0.2) is 42.5 Å². The number of aryl methyl sites for hydroxylation is 2. The van der Waals surface area contributed by atoms with Crippen molar-refractivity contribution in [3.05, 3.63) is 59.2 Å². The van der Waals surface area contributed by atoms with Crippen molar-refractivity contribution in [1.82, 2.24) is 4.98 Å². The highest BCUT2D eigenvalue weighted by molar-refractivity contribution is 7.84. The van der Waals surface area contributed by atoms with Gasteiger partial charge >= 0.3 is 0 Å². The van der Waals surface area contributed by atoms with E-state index >= 15 is 0 Å². The minimum absolute atomic E-state index is 0.182. The van der Waals surface area contributed by atoms with Crippen LogP contribution < -0.4 is 15.8 Å². The zero-order valence-electron chi connectivity index (χ0n) is 16.2. The molecule has 0 spiro atoms. The summed E-state index contributed by atoms with van der Waals surface area (Å²) < 4.78 is 17.1. The Labute approximate surface area is 167 Å². The molecule has 2 aromatic carbocycles. The number of hydrogen-bond donors (Lipinski definition) is 2. The number of anilines is 2. The lowest BCUT2D eigenvalue weighted by molar-refractivity contribution is 0.414. The molecule has 28 heavy (non-hydrogen) atoms. The van der Waals surface area contributed by atoms with Crippen molar-refractivity contribution in [1.29, 1.82) is 0 Å². The van der Waals surface area contributed by atoms with Gasteiger partial charge in [-0.1, -0.05) is 12.1 Å². The molecule has 6 heteroatoms. The standard InChI is InChI=1S/C22H25N3O2S/c1-27-16-8-6-14-7-9-21(17(14)13-16)25-22-15(10-11-28(2)26)12-18-19(23)4-3-5-20(18)24-22/h3-6,8,12-13,21H,7,9-11,23H2,1-2H3,(H,24,25). The second-order valence-corrected chi connectivity index (χ2v) is 8.79. The Bertz CT molecular complexity index is 1050. The van der Waals surface area contributed by atoms with Crippen molar-refractivity contribution in [2.45, 2.75) is 25.3 Å². The van der Waals surface area contributed by atoms with Crippen molar-refractivity contribution in [2.75, 3.05) is 30.2 Å². The molecule has 1 aliphatic carbocycles. The van der Waals surface area contributed by atoms with Gasteiger partial charge in [-0.15, -0.1) is 0 Å². The van der Waals surface area contributed by atoms with Gasteiger partial charge < -0.3 is 15.8 Å². The first kappa shape index (κ1) is 18.7. The van der Waals surface area contributed by atoms with Crippen LogP contribution >= 0.6 is 0 Å². The monoisotopic (exact) mass is 395 g/mol. The van der Waals surface area contributed by atoms with Gasteiger partial charge in [-0.3, -0.25) is 4.21 Å². The van der Waals surface area contributed by atoms with Crippen molar-refractivity contribution < 1.29 is 8.95 Å². The SMILES string of the molecule is COc1ccc2c(c1)C(Nc1nc3cccc(N)c3cc1CCS(C)=O)CC2. The van der Waals surface area contributed by atoms with Gasteiger partial charge in [0.15, 0.2) is 0 Å². The Kier molecular flexibility index (Phi) is 5.22. The minimum Gasteiger partial charge on any atom is -0.497 e. The molecule has 0 amide bonds. The number of ether oxygens (including phenoxy) is 1. The van der Waals surface area contributed by atoms with Gasteiger partial charge in [0.1, 0.15) is 11.6 Å². The summed E-state index contributed by atoms with van der Waals surface area (Å²) in [7, 11) is 0.831. The van der Waals surface area contributed by atoms with Gasteiger partial charge in [0.2, 0.25) is 0 Å². The molecule has 1 aromatic heterocycles. The van der Waals surface area contributed by atoms with E-state index in [1.807, 2.05) is 24.3 Å². The molecule has 0 saturated carbocycles. The number of aromatic nitrogens is 1. The average Bonchev–Trinajstić information content (AvgIpc) is 3.08. The van der Waals surface area contributed by atoms with E-state index in [1.165, 1.54) is 11.1 Å². The maximum atomic E-state index is 11.7. The number of benzene rings is 2. The van der Waals surface area contributed by atoms with E-state index in [0.29, 0.717) is 17.9 Å². The second-order valence-electron chi connectivity index (χ2n) is 7.24. The summed E-state index contributed by atoms with van der Waals surface area (Å²) in [5, 5.41) is 4.59. The topological polar surface area (TPSA) is 77.2 Å². The molecule has 0 aliphatic heterocycles. The Hall–Kier alpha value is -2.60. The highest BCUT2D eigenvalue weighted by atomic mass is 32.2. The molecule has 146 valence electrons. The zero-order chi connectivity index (χ0) is 19.7.